The molecule has 1 aliphatic rings. The number of benzene rings is 1. The van der Waals surface area contributed by atoms with E-state index < -0.39 is 6.03 Å². The van der Waals surface area contributed by atoms with Crippen LogP contribution in [-0.4, -0.2) is 32.3 Å². The van der Waals surface area contributed by atoms with E-state index >= 15 is 0 Å². The summed E-state index contributed by atoms with van der Waals surface area (Å²) in [7, 11) is 0. The van der Waals surface area contributed by atoms with Crippen LogP contribution in [0.5, 0.6) is 5.75 Å². The van der Waals surface area contributed by atoms with Crippen molar-refractivity contribution in [2.45, 2.75) is 5.92 Å². The Morgan fingerprint density at radius 1 is 1.41 bits per heavy atom. The van der Waals surface area contributed by atoms with E-state index in [9.17, 15) is 4.79 Å². The van der Waals surface area contributed by atoms with E-state index in [0.29, 0.717) is 19.0 Å². The molecule has 4 N–H and O–H groups in total. The fourth-order valence-corrected chi connectivity index (χ4v) is 1.95. The van der Waals surface area contributed by atoms with Crippen LogP contribution in [0.25, 0.3) is 0 Å². The second kappa shape index (κ2) is 5.54. The third-order valence-corrected chi connectivity index (χ3v) is 2.79. The molecule has 0 spiro atoms. The third kappa shape index (κ3) is 3.10. The smallest absolute Gasteiger partial charge is 0.312 e. The van der Waals surface area contributed by atoms with E-state index in [1.54, 1.807) is 0 Å². The minimum atomic E-state index is -0.485. The van der Waals surface area contributed by atoms with E-state index in [1.165, 1.54) is 5.56 Å². The Morgan fingerprint density at radius 3 is 3.06 bits per heavy atom. The van der Waals surface area contributed by atoms with E-state index in [2.05, 4.69) is 16.7 Å². The highest BCUT2D eigenvalue weighted by atomic mass is 16.5. The zero-order valence-corrected chi connectivity index (χ0v) is 9.61. The molecule has 0 radical (unpaired) electrons. The molecule has 0 aromatic heterocycles. The average molecular weight is 235 g/mol. The van der Waals surface area contributed by atoms with E-state index in [1.807, 2.05) is 18.2 Å². The number of carbonyl (C=O) groups excluding carboxylic acids is 1. The molecule has 2 amide bonds. The van der Waals surface area contributed by atoms with Gasteiger partial charge in [-0.2, -0.15) is 0 Å². The van der Waals surface area contributed by atoms with Gasteiger partial charge < -0.3 is 21.1 Å². The third-order valence-electron chi connectivity index (χ3n) is 2.79. The fraction of sp³-hybridized carbons (Fsp3) is 0.417. The van der Waals surface area contributed by atoms with Gasteiger partial charge >= 0.3 is 6.03 Å². The van der Waals surface area contributed by atoms with Gasteiger partial charge in [0.25, 0.3) is 0 Å². The lowest BCUT2D eigenvalue weighted by Gasteiger charge is -2.10. The maximum Gasteiger partial charge on any atom is 0.312 e. The average Bonchev–Trinajstić information content (AvgIpc) is 2.72. The Hall–Kier alpha value is -1.75. The van der Waals surface area contributed by atoms with Gasteiger partial charge in [0.05, 0.1) is 6.61 Å². The molecule has 0 aliphatic carbocycles. The minimum absolute atomic E-state index is 0.389. The summed E-state index contributed by atoms with van der Waals surface area (Å²) in [5.41, 5.74) is 6.21. The van der Waals surface area contributed by atoms with Crippen molar-refractivity contribution >= 4 is 6.03 Å². The second-order valence-corrected chi connectivity index (χ2v) is 4.04. The molecule has 1 unspecified atom stereocenters. The number of nitrogens with two attached hydrogens (primary N) is 1. The molecule has 1 heterocycles. The first-order chi connectivity index (χ1) is 8.27. The van der Waals surface area contributed by atoms with Gasteiger partial charge in [-0.05, 0) is 6.07 Å². The summed E-state index contributed by atoms with van der Waals surface area (Å²) in [6.07, 6.45) is 0. The molecule has 0 bridgehead atoms. The maximum absolute atomic E-state index is 10.4. The SMILES string of the molecule is NC(=O)NCCNCC1COc2ccccc21. The number of nitrogens with one attached hydrogen (secondary N) is 2. The Morgan fingerprint density at radius 2 is 2.24 bits per heavy atom. The lowest BCUT2D eigenvalue weighted by molar-refractivity contribution is 0.249. The number of hydrogen-bond donors (Lipinski definition) is 3. The molecule has 17 heavy (non-hydrogen) atoms. The number of para-hydroxylation sites is 1. The van der Waals surface area contributed by atoms with E-state index in [-0.39, 0.29) is 0 Å². The monoisotopic (exact) mass is 235 g/mol. The number of urea groups is 1. The number of rotatable bonds is 5. The molecule has 2 rings (SSSR count). The molecule has 0 saturated carbocycles. The van der Waals surface area contributed by atoms with E-state index in [0.717, 1.165) is 18.9 Å². The predicted octanol–water partition coefficient (Wildman–Crippen LogP) is 0.420. The molecule has 0 saturated heterocycles. The number of fused-ring (bicyclic) bond motifs is 1. The van der Waals surface area contributed by atoms with Gasteiger partial charge in [-0.25, -0.2) is 4.79 Å². The number of hydrogen-bond acceptors (Lipinski definition) is 3. The van der Waals surface area contributed by atoms with Gasteiger partial charge in [0.1, 0.15) is 5.75 Å². The quantitative estimate of drug-likeness (QED) is 0.647. The van der Waals surface area contributed by atoms with Crippen molar-refractivity contribution in [1.82, 2.24) is 10.6 Å². The van der Waals surface area contributed by atoms with Gasteiger partial charge in [-0.3, -0.25) is 0 Å². The minimum Gasteiger partial charge on any atom is -0.493 e. The van der Waals surface area contributed by atoms with E-state index in [4.69, 9.17) is 10.5 Å². The zero-order valence-electron chi connectivity index (χ0n) is 9.61. The van der Waals surface area contributed by atoms with Crippen molar-refractivity contribution in [3.8, 4) is 5.75 Å². The van der Waals surface area contributed by atoms with Gasteiger partial charge in [0.15, 0.2) is 0 Å². The molecule has 5 nitrogen and oxygen atoms in total. The molecular formula is C12H17N3O2. The van der Waals surface area contributed by atoms with Crippen LogP contribution in [-0.2, 0) is 0 Å². The first-order valence-corrected chi connectivity index (χ1v) is 5.73. The van der Waals surface area contributed by atoms with Crippen LogP contribution in [0.4, 0.5) is 4.79 Å². The van der Waals surface area contributed by atoms with Crippen molar-refractivity contribution in [3.63, 3.8) is 0 Å². The highest BCUT2D eigenvalue weighted by Crippen LogP contribution is 2.32. The van der Waals surface area contributed by atoms with Crippen LogP contribution in [0.2, 0.25) is 0 Å². The number of carbonyl (C=O) groups is 1. The first kappa shape index (κ1) is 11.7. The van der Waals surface area contributed by atoms with Gasteiger partial charge in [0, 0.05) is 31.1 Å². The Labute approximate surface area is 100 Å². The Balaban J connectivity index is 1.73. The Kier molecular flexibility index (Phi) is 3.82. The van der Waals surface area contributed by atoms with Crippen molar-refractivity contribution in [1.29, 1.82) is 0 Å². The largest absolute Gasteiger partial charge is 0.493 e. The summed E-state index contributed by atoms with van der Waals surface area (Å²) in [5, 5.41) is 5.81. The summed E-state index contributed by atoms with van der Waals surface area (Å²) in [6.45, 7) is 2.82. The second-order valence-electron chi connectivity index (χ2n) is 4.04. The summed E-state index contributed by atoms with van der Waals surface area (Å²) >= 11 is 0. The molecule has 5 heteroatoms. The normalized spacial score (nSPS) is 17.3. The summed E-state index contributed by atoms with van der Waals surface area (Å²) in [5.74, 6) is 1.37. The van der Waals surface area contributed by atoms with Crippen LogP contribution >= 0.6 is 0 Å². The number of primary amides is 1. The zero-order chi connectivity index (χ0) is 12.1. The molecule has 0 fully saturated rings. The molecule has 1 aliphatic heterocycles. The van der Waals surface area contributed by atoms with Crippen LogP contribution in [0.1, 0.15) is 11.5 Å². The molecule has 1 aromatic carbocycles. The lowest BCUT2D eigenvalue weighted by Crippen LogP contribution is -2.36. The van der Waals surface area contributed by atoms with Crippen LogP contribution in [0.15, 0.2) is 24.3 Å². The van der Waals surface area contributed by atoms with Crippen molar-refractivity contribution in [2.75, 3.05) is 26.2 Å². The van der Waals surface area contributed by atoms with Gasteiger partial charge in [-0.1, -0.05) is 18.2 Å². The maximum atomic E-state index is 10.4. The first-order valence-electron chi connectivity index (χ1n) is 5.73. The van der Waals surface area contributed by atoms with Crippen molar-refractivity contribution in [2.24, 2.45) is 5.73 Å². The number of ether oxygens (including phenoxy) is 1. The summed E-state index contributed by atoms with van der Waals surface area (Å²) < 4.78 is 5.58. The lowest BCUT2D eigenvalue weighted by atomic mass is 10.0. The highest BCUT2D eigenvalue weighted by molar-refractivity contribution is 5.71. The van der Waals surface area contributed by atoms with Crippen LogP contribution < -0.4 is 21.1 Å². The molecule has 1 aromatic rings. The highest BCUT2D eigenvalue weighted by Gasteiger charge is 2.22. The molecular weight excluding hydrogens is 218 g/mol. The van der Waals surface area contributed by atoms with Crippen molar-refractivity contribution < 1.29 is 9.53 Å². The summed E-state index contributed by atoms with van der Waals surface area (Å²) in [6, 6.07) is 7.60. The topological polar surface area (TPSA) is 76.4 Å². The van der Waals surface area contributed by atoms with Gasteiger partial charge in [-0.15, -0.1) is 0 Å². The van der Waals surface area contributed by atoms with Crippen LogP contribution in [0, 0.1) is 0 Å². The predicted molar refractivity (Wildman–Crippen MR) is 65.1 cm³/mol. The fourth-order valence-electron chi connectivity index (χ4n) is 1.95. The molecule has 1 atom stereocenters. The Bertz CT molecular complexity index is 395. The van der Waals surface area contributed by atoms with Crippen molar-refractivity contribution in [3.05, 3.63) is 29.8 Å². The standard InChI is InChI=1S/C12H17N3O2/c13-12(16)15-6-5-14-7-9-8-17-11-4-2-1-3-10(9)11/h1-4,9,14H,5-8H2,(H3,13,15,16). The van der Waals surface area contributed by atoms with Gasteiger partial charge in [0.2, 0.25) is 0 Å². The summed E-state index contributed by atoms with van der Waals surface area (Å²) in [4.78, 5) is 10.4. The number of amides is 2. The molecule has 92 valence electrons. The van der Waals surface area contributed by atoms with Crippen LogP contribution in [0.3, 0.4) is 0 Å².